The molecule has 7 heteroatoms. The summed E-state index contributed by atoms with van der Waals surface area (Å²) in [5, 5.41) is 3.87. The van der Waals surface area contributed by atoms with E-state index in [-0.39, 0.29) is 16.9 Å². The van der Waals surface area contributed by atoms with Crippen LogP contribution in [0.15, 0.2) is 33.7 Å². The maximum Gasteiger partial charge on any atom is 0.240 e. The van der Waals surface area contributed by atoms with Gasteiger partial charge in [0.1, 0.15) is 0 Å². The van der Waals surface area contributed by atoms with Gasteiger partial charge in [-0.15, -0.1) is 0 Å². The van der Waals surface area contributed by atoms with Gasteiger partial charge in [0.2, 0.25) is 15.9 Å². The SMILES string of the molecule is Cc1ccc(S(=O)(=O)NCCc2noc(C(C)(C)C)n2)cc1. The summed E-state index contributed by atoms with van der Waals surface area (Å²) in [5.74, 6) is 1.04. The third-order valence-corrected chi connectivity index (χ3v) is 4.56. The molecule has 0 aliphatic heterocycles. The van der Waals surface area contributed by atoms with Crippen molar-refractivity contribution < 1.29 is 12.9 Å². The van der Waals surface area contributed by atoms with E-state index in [0.29, 0.717) is 18.1 Å². The van der Waals surface area contributed by atoms with Crippen LogP contribution in [0, 0.1) is 6.92 Å². The third kappa shape index (κ3) is 4.14. The average molecular weight is 323 g/mol. The summed E-state index contributed by atoms with van der Waals surface area (Å²) in [6.07, 6.45) is 0.380. The molecule has 0 amide bonds. The second-order valence-electron chi connectivity index (χ2n) is 6.23. The Balaban J connectivity index is 1.95. The van der Waals surface area contributed by atoms with Gasteiger partial charge < -0.3 is 4.52 Å². The van der Waals surface area contributed by atoms with Gasteiger partial charge in [-0.3, -0.25) is 0 Å². The van der Waals surface area contributed by atoms with Crippen LogP contribution in [0.4, 0.5) is 0 Å². The van der Waals surface area contributed by atoms with Crippen molar-refractivity contribution in [2.24, 2.45) is 0 Å². The van der Waals surface area contributed by atoms with E-state index >= 15 is 0 Å². The quantitative estimate of drug-likeness (QED) is 0.911. The minimum absolute atomic E-state index is 0.216. The Bertz CT molecular complexity index is 728. The summed E-state index contributed by atoms with van der Waals surface area (Å²) < 4.78 is 32.0. The normalized spacial score (nSPS) is 12.5. The number of hydrogen-bond acceptors (Lipinski definition) is 5. The minimum atomic E-state index is -3.50. The molecule has 0 saturated heterocycles. The van der Waals surface area contributed by atoms with Crippen molar-refractivity contribution >= 4 is 10.0 Å². The Hall–Kier alpha value is -1.73. The number of aryl methyl sites for hydroxylation is 1. The van der Waals surface area contributed by atoms with Crippen LogP contribution in [0.25, 0.3) is 0 Å². The number of benzene rings is 1. The molecule has 0 radical (unpaired) electrons. The second kappa shape index (κ2) is 6.18. The fourth-order valence-electron chi connectivity index (χ4n) is 1.76. The molecule has 120 valence electrons. The standard InChI is InChI=1S/C15H21N3O3S/c1-11-5-7-12(8-6-11)22(19,20)16-10-9-13-17-14(21-18-13)15(2,3)4/h5-8,16H,9-10H2,1-4H3. The topological polar surface area (TPSA) is 85.1 Å². The molecule has 0 bridgehead atoms. The number of sulfonamides is 1. The van der Waals surface area contributed by atoms with E-state index in [0.717, 1.165) is 5.56 Å². The predicted molar refractivity (Wildman–Crippen MR) is 83.1 cm³/mol. The van der Waals surface area contributed by atoms with Crippen molar-refractivity contribution in [1.82, 2.24) is 14.9 Å². The Morgan fingerprint density at radius 3 is 2.36 bits per heavy atom. The van der Waals surface area contributed by atoms with Gasteiger partial charge in [-0.05, 0) is 19.1 Å². The highest BCUT2D eigenvalue weighted by Crippen LogP contribution is 2.19. The summed E-state index contributed by atoms with van der Waals surface area (Å²) in [6, 6.07) is 6.71. The van der Waals surface area contributed by atoms with E-state index in [1.807, 2.05) is 27.7 Å². The molecule has 2 aromatic rings. The fraction of sp³-hybridized carbons (Fsp3) is 0.467. The average Bonchev–Trinajstić information content (AvgIpc) is 2.88. The van der Waals surface area contributed by atoms with Crippen LogP contribution >= 0.6 is 0 Å². The molecule has 0 fully saturated rings. The van der Waals surface area contributed by atoms with E-state index in [1.54, 1.807) is 24.3 Å². The molecule has 0 unspecified atom stereocenters. The first-order valence-corrected chi connectivity index (χ1v) is 8.56. The Kier molecular flexibility index (Phi) is 4.67. The van der Waals surface area contributed by atoms with Gasteiger partial charge in [0.15, 0.2) is 5.82 Å². The summed E-state index contributed by atoms with van der Waals surface area (Å²) in [6.45, 7) is 8.06. The summed E-state index contributed by atoms with van der Waals surface area (Å²) in [7, 11) is -3.50. The van der Waals surface area contributed by atoms with Crippen LogP contribution in [-0.4, -0.2) is 25.1 Å². The lowest BCUT2D eigenvalue weighted by molar-refractivity contribution is 0.318. The number of hydrogen-bond donors (Lipinski definition) is 1. The highest BCUT2D eigenvalue weighted by molar-refractivity contribution is 7.89. The van der Waals surface area contributed by atoms with E-state index in [4.69, 9.17) is 4.52 Å². The van der Waals surface area contributed by atoms with Crippen molar-refractivity contribution in [1.29, 1.82) is 0 Å². The zero-order valence-electron chi connectivity index (χ0n) is 13.3. The summed E-state index contributed by atoms with van der Waals surface area (Å²) in [4.78, 5) is 4.52. The van der Waals surface area contributed by atoms with Crippen molar-refractivity contribution in [3.8, 4) is 0 Å². The molecule has 0 spiro atoms. The number of rotatable bonds is 5. The zero-order valence-corrected chi connectivity index (χ0v) is 14.1. The number of aromatic nitrogens is 2. The summed E-state index contributed by atoms with van der Waals surface area (Å²) >= 11 is 0. The van der Waals surface area contributed by atoms with Crippen LogP contribution in [0.5, 0.6) is 0 Å². The lowest BCUT2D eigenvalue weighted by Crippen LogP contribution is -2.26. The first-order valence-electron chi connectivity index (χ1n) is 7.08. The molecule has 6 nitrogen and oxygen atoms in total. The van der Waals surface area contributed by atoms with Gasteiger partial charge >= 0.3 is 0 Å². The molecule has 0 aliphatic carbocycles. The van der Waals surface area contributed by atoms with E-state index in [9.17, 15) is 8.42 Å². The maximum absolute atomic E-state index is 12.1. The fourth-order valence-corrected chi connectivity index (χ4v) is 2.79. The van der Waals surface area contributed by atoms with E-state index in [2.05, 4.69) is 14.9 Å². The van der Waals surface area contributed by atoms with Gasteiger partial charge in [-0.2, -0.15) is 4.98 Å². The molecule has 0 atom stereocenters. The monoisotopic (exact) mass is 323 g/mol. The van der Waals surface area contributed by atoms with Crippen LogP contribution in [-0.2, 0) is 21.9 Å². The molecule has 1 aromatic carbocycles. The molecule has 22 heavy (non-hydrogen) atoms. The Morgan fingerprint density at radius 1 is 1.18 bits per heavy atom. The molecule has 2 rings (SSSR count). The van der Waals surface area contributed by atoms with E-state index in [1.165, 1.54) is 0 Å². The minimum Gasteiger partial charge on any atom is -0.339 e. The van der Waals surface area contributed by atoms with Crippen LogP contribution < -0.4 is 4.72 Å². The number of nitrogens with zero attached hydrogens (tertiary/aromatic N) is 2. The van der Waals surface area contributed by atoms with Gasteiger partial charge in [-0.25, -0.2) is 13.1 Å². The van der Waals surface area contributed by atoms with E-state index < -0.39 is 10.0 Å². The molecule has 1 heterocycles. The summed E-state index contributed by atoms with van der Waals surface area (Å²) in [5.41, 5.74) is 0.799. The first kappa shape index (κ1) is 16.6. The largest absolute Gasteiger partial charge is 0.339 e. The van der Waals surface area contributed by atoms with Gasteiger partial charge in [-0.1, -0.05) is 43.6 Å². The first-order chi connectivity index (χ1) is 10.2. The maximum atomic E-state index is 12.1. The molecular formula is C15H21N3O3S. The van der Waals surface area contributed by atoms with Gasteiger partial charge in [0.05, 0.1) is 4.90 Å². The lowest BCUT2D eigenvalue weighted by atomic mass is 9.97. The third-order valence-electron chi connectivity index (χ3n) is 3.08. The second-order valence-corrected chi connectivity index (χ2v) is 7.99. The van der Waals surface area contributed by atoms with Crippen LogP contribution in [0.2, 0.25) is 0 Å². The molecule has 1 aromatic heterocycles. The highest BCUT2D eigenvalue weighted by atomic mass is 32.2. The Labute approximate surface area is 131 Å². The van der Waals surface area contributed by atoms with Crippen molar-refractivity contribution in [3.63, 3.8) is 0 Å². The molecule has 1 N–H and O–H groups in total. The Morgan fingerprint density at radius 2 is 1.82 bits per heavy atom. The van der Waals surface area contributed by atoms with Crippen molar-refractivity contribution in [2.75, 3.05) is 6.54 Å². The molecular weight excluding hydrogens is 302 g/mol. The smallest absolute Gasteiger partial charge is 0.240 e. The van der Waals surface area contributed by atoms with Gasteiger partial charge in [0.25, 0.3) is 0 Å². The van der Waals surface area contributed by atoms with Crippen LogP contribution in [0.1, 0.15) is 38.0 Å². The molecule has 0 aliphatic rings. The van der Waals surface area contributed by atoms with Crippen molar-refractivity contribution in [3.05, 3.63) is 41.5 Å². The molecule has 0 saturated carbocycles. The van der Waals surface area contributed by atoms with Crippen molar-refractivity contribution in [2.45, 2.75) is 44.4 Å². The zero-order chi connectivity index (χ0) is 16.4. The lowest BCUT2D eigenvalue weighted by Gasteiger charge is -2.10. The number of nitrogens with one attached hydrogen (secondary N) is 1. The van der Waals surface area contributed by atoms with Gasteiger partial charge in [0, 0.05) is 18.4 Å². The highest BCUT2D eigenvalue weighted by Gasteiger charge is 2.21. The predicted octanol–water partition coefficient (Wildman–Crippen LogP) is 2.20. The van der Waals surface area contributed by atoms with Crippen LogP contribution in [0.3, 0.4) is 0 Å².